The van der Waals surface area contributed by atoms with Crippen molar-refractivity contribution in [1.82, 2.24) is 14.8 Å². The third-order valence-corrected chi connectivity index (χ3v) is 8.02. The van der Waals surface area contributed by atoms with Crippen LogP contribution in [-0.4, -0.2) is 82.0 Å². The number of aliphatic hydroxyl groups excluding tert-OH is 1. The first kappa shape index (κ1) is 24.7. The number of aromatic nitrogens is 1. The van der Waals surface area contributed by atoms with Gasteiger partial charge >= 0.3 is 0 Å². The molecule has 2 atom stereocenters. The highest BCUT2D eigenvalue weighted by molar-refractivity contribution is 6.15. The Labute approximate surface area is 221 Å². The van der Waals surface area contributed by atoms with Crippen LogP contribution < -0.4 is 0 Å². The zero-order valence-corrected chi connectivity index (χ0v) is 21.5. The van der Waals surface area contributed by atoms with Crippen LogP contribution in [0.15, 0.2) is 65.8 Å². The molecule has 8 heteroatoms. The number of pyridine rings is 1. The molecule has 4 heterocycles. The molecule has 196 valence electrons. The fraction of sp³-hybridized carbons (Fsp3) is 0.400. The van der Waals surface area contributed by atoms with Gasteiger partial charge in [-0.1, -0.05) is 42.5 Å². The lowest BCUT2D eigenvalue weighted by Gasteiger charge is -2.30. The topological polar surface area (TPSA) is 95.3 Å². The van der Waals surface area contributed by atoms with Crippen LogP contribution in [0.1, 0.15) is 31.7 Å². The summed E-state index contributed by atoms with van der Waals surface area (Å²) >= 11 is 0. The summed E-state index contributed by atoms with van der Waals surface area (Å²) in [6.45, 7) is 4.17. The summed E-state index contributed by atoms with van der Waals surface area (Å²) in [5.41, 5.74) is 3.23. The number of nitrogens with zero attached hydrogens (tertiary/aromatic N) is 4. The highest BCUT2D eigenvalue weighted by Crippen LogP contribution is 2.36. The third kappa shape index (κ3) is 4.48. The second kappa shape index (κ2) is 9.93. The van der Waals surface area contributed by atoms with E-state index in [9.17, 15) is 14.7 Å². The molecule has 0 saturated carbocycles. The predicted octanol–water partition coefficient (Wildman–Crippen LogP) is 3.27. The number of aliphatic hydroxyl groups is 1. The fourth-order valence-electron chi connectivity index (χ4n) is 5.84. The Hall–Kier alpha value is -3.62. The first-order valence-corrected chi connectivity index (χ1v) is 13.4. The Morgan fingerprint density at radius 3 is 2.61 bits per heavy atom. The Balaban J connectivity index is 1.27. The zero-order chi connectivity index (χ0) is 26.3. The first-order chi connectivity index (χ1) is 18.4. The number of amidine groups is 1. The van der Waals surface area contributed by atoms with Gasteiger partial charge in [0.2, 0.25) is 0 Å². The number of hydrogen-bond acceptors (Lipinski definition) is 6. The summed E-state index contributed by atoms with van der Waals surface area (Å²) in [5.74, 6) is 0.602. The molecule has 2 fully saturated rings. The van der Waals surface area contributed by atoms with Gasteiger partial charge in [-0.2, -0.15) is 0 Å². The van der Waals surface area contributed by atoms with Gasteiger partial charge in [0.05, 0.1) is 5.52 Å². The number of ether oxygens (including phenoxy) is 1. The van der Waals surface area contributed by atoms with Crippen molar-refractivity contribution < 1.29 is 19.4 Å². The maximum atomic E-state index is 13.8. The Kier molecular flexibility index (Phi) is 6.45. The Morgan fingerprint density at radius 2 is 1.84 bits per heavy atom. The van der Waals surface area contributed by atoms with Gasteiger partial charge in [-0.25, -0.2) is 0 Å². The lowest BCUT2D eigenvalue weighted by Crippen LogP contribution is -2.47. The highest BCUT2D eigenvalue weighted by atomic mass is 16.5. The van der Waals surface area contributed by atoms with Gasteiger partial charge in [0, 0.05) is 62.8 Å². The summed E-state index contributed by atoms with van der Waals surface area (Å²) in [6.07, 6.45) is 2.73. The molecule has 8 nitrogen and oxygen atoms in total. The van der Waals surface area contributed by atoms with Crippen molar-refractivity contribution in [2.75, 3.05) is 32.8 Å². The molecule has 6 rings (SSSR count). The molecule has 3 aliphatic heterocycles. The summed E-state index contributed by atoms with van der Waals surface area (Å²) in [4.78, 5) is 39.2. The van der Waals surface area contributed by atoms with E-state index in [1.165, 1.54) is 6.92 Å². The molecule has 2 saturated heterocycles. The number of carbonyl (C=O) groups excluding carboxylic acids is 2. The lowest BCUT2D eigenvalue weighted by molar-refractivity contribution is -0.138. The number of aliphatic imine (C=N–C) groups is 1. The molecule has 1 N–H and O–H groups in total. The van der Waals surface area contributed by atoms with Crippen LogP contribution in [0.3, 0.4) is 0 Å². The molecule has 3 aliphatic rings. The van der Waals surface area contributed by atoms with E-state index in [1.54, 1.807) is 11.1 Å². The van der Waals surface area contributed by atoms with Crippen molar-refractivity contribution in [3.8, 4) is 11.1 Å². The molecular formula is C30H32N4O4. The molecular weight excluding hydrogens is 480 g/mol. The molecule has 38 heavy (non-hydrogen) atoms. The van der Waals surface area contributed by atoms with E-state index in [4.69, 9.17) is 9.73 Å². The standard InChI is InChI=1S/C30H32N4O4/c1-20(35)28(36)33-14-10-21(18-33)19-34-27(32-30(29(34)37)11-15-38-16-12-30)24-7-4-22(5-8-24)25-9-6-23-3-2-13-31-26(23)17-25/h2-9,13,17,20-21,35H,10-12,14-16,18-19H2,1H3. The molecule has 2 amide bonds. The van der Waals surface area contributed by atoms with Gasteiger partial charge in [0.25, 0.3) is 11.8 Å². The molecule has 2 unspecified atom stereocenters. The number of likely N-dealkylation sites (tertiary alicyclic amines) is 1. The summed E-state index contributed by atoms with van der Waals surface area (Å²) in [5, 5.41) is 10.8. The molecule has 2 aromatic carbocycles. The van der Waals surface area contributed by atoms with E-state index in [0.29, 0.717) is 51.5 Å². The largest absolute Gasteiger partial charge is 0.384 e. The van der Waals surface area contributed by atoms with E-state index >= 15 is 0 Å². The number of fused-ring (bicyclic) bond motifs is 1. The number of carbonyl (C=O) groups is 2. The highest BCUT2D eigenvalue weighted by Gasteiger charge is 2.50. The van der Waals surface area contributed by atoms with Crippen LogP contribution in [0.2, 0.25) is 0 Å². The number of rotatable bonds is 5. The second-order valence-corrected chi connectivity index (χ2v) is 10.6. The molecule has 1 spiro atoms. The summed E-state index contributed by atoms with van der Waals surface area (Å²) in [7, 11) is 0. The smallest absolute Gasteiger partial charge is 0.256 e. The summed E-state index contributed by atoms with van der Waals surface area (Å²) < 4.78 is 5.56. The minimum Gasteiger partial charge on any atom is -0.384 e. The van der Waals surface area contributed by atoms with E-state index < -0.39 is 11.6 Å². The van der Waals surface area contributed by atoms with Crippen LogP contribution in [0.4, 0.5) is 0 Å². The van der Waals surface area contributed by atoms with Crippen LogP contribution >= 0.6 is 0 Å². The van der Waals surface area contributed by atoms with Gasteiger partial charge in [0.1, 0.15) is 17.5 Å². The molecule has 0 bridgehead atoms. The fourth-order valence-corrected chi connectivity index (χ4v) is 5.84. The quantitative estimate of drug-likeness (QED) is 0.566. The Morgan fingerprint density at radius 1 is 1.11 bits per heavy atom. The van der Waals surface area contributed by atoms with Gasteiger partial charge in [0.15, 0.2) is 0 Å². The second-order valence-electron chi connectivity index (χ2n) is 10.6. The first-order valence-electron chi connectivity index (χ1n) is 13.4. The lowest BCUT2D eigenvalue weighted by atomic mass is 9.90. The minimum atomic E-state index is -1.01. The van der Waals surface area contributed by atoms with E-state index in [-0.39, 0.29) is 17.7 Å². The van der Waals surface area contributed by atoms with Crippen molar-refractivity contribution in [2.45, 2.75) is 37.8 Å². The van der Waals surface area contributed by atoms with Crippen LogP contribution in [0.5, 0.6) is 0 Å². The van der Waals surface area contributed by atoms with E-state index in [1.807, 2.05) is 23.1 Å². The van der Waals surface area contributed by atoms with Crippen molar-refractivity contribution >= 4 is 28.6 Å². The number of benzene rings is 2. The minimum absolute atomic E-state index is 0.0285. The molecule has 0 aliphatic carbocycles. The Bertz CT molecular complexity index is 1390. The third-order valence-electron chi connectivity index (χ3n) is 8.02. The normalized spacial score (nSPS) is 21.8. The summed E-state index contributed by atoms with van der Waals surface area (Å²) in [6, 6.07) is 18.5. The molecule has 3 aromatic rings. The number of amides is 2. The maximum Gasteiger partial charge on any atom is 0.256 e. The van der Waals surface area contributed by atoms with Crippen molar-refractivity contribution in [3.05, 3.63) is 66.4 Å². The maximum absolute atomic E-state index is 13.8. The average Bonchev–Trinajstić information content (AvgIpc) is 3.52. The van der Waals surface area contributed by atoms with E-state index in [2.05, 4.69) is 41.4 Å². The average molecular weight is 513 g/mol. The van der Waals surface area contributed by atoms with Gasteiger partial charge in [-0.05, 0) is 42.5 Å². The van der Waals surface area contributed by atoms with E-state index in [0.717, 1.165) is 34.0 Å². The predicted molar refractivity (Wildman–Crippen MR) is 145 cm³/mol. The van der Waals surface area contributed by atoms with Gasteiger partial charge < -0.3 is 14.7 Å². The van der Waals surface area contributed by atoms with Gasteiger partial charge in [-0.15, -0.1) is 0 Å². The van der Waals surface area contributed by atoms with Crippen molar-refractivity contribution in [2.24, 2.45) is 10.9 Å². The monoisotopic (exact) mass is 512 g/mol. The van der Waals surface area contributed by atoms with Crippen molar-refractivity contribution in [1.29, 1.82) is 0 Å². The van der Waals surface area contributed by atoms with Gasteiger partial charge in [-0.3, -0.25) is 24.5 Å². The number of hydrogen-bond donors (Lipinski definition) is 1. The molecule has 0 radical (unpaired) electrons. The van der Waals surface area contributed by atoms with Crippen LogP contribution in [0.25, 0.3) is 22.0 Å². The zero-order valence-electron chi connectivity index (χ0n) is 21.5. The van der Waals surface area contributed by atoms with Crippen LogP contribution in [0, 0.1) is 5.92 Å². The SMILES string of the molecule is CC(O)C(=O)N1CCC(CN2C(=O)C3(CCOCC3)N=C2c2ccc(-c3ccc4cccnc4c3)cc2)C1. The molecule has 1 aromatic heterocycles. The van der Waals surface area contributed by atoms with Crippen LogP contribution in [-0.2, 0) is 14.3 Å². The van der Waals surface area contributed by atoms with Crippen molar-refractivity contribution in [3.63, 3.8) is 0 Å².